The third-order valence-electron chi connectivity index (χ3n) is 2.92. The van der Waals surface area contributed by atoms with Crippen LogP contribution in [0.15, 0.2) is 24.8 Å². The molecule has 0 fully saturated rings. The van der Waals surface area contributed by atoms with E-state index >= 15 is 0 Å². The molecule has 0 heterocycles. The standard InChI is InChI=1S/C14H29N3O.C3H5NO/c1-13(2)14(18)17(11-7-9-15(3)4)12-8-10-16(5)6;1-2-3(4)5/h1,7-12H2,2-6H3;2H,1H2,(H2,4,5). The first kappa shape index (κ1) is 23.6. The smallest absolute Gasteiger partial charge is 0.248 e. The summed E-state index contributed by atoms with van der Waals surface area (Å²) in [5.74, 6) is -0.391. The molecule has 0 spiro atoms. The lowest BCUT2D eigenvalue weighted by Crippen LogP contribution is -2.35. The molecular weight excluding hydrogens is 292 g/mol. The normalized spacial score (nSPS) is 10.0. The maximum absolute atomic E-state index is 12.0. The van der Waals surface area contributed by atoms with Gasteiger partial charge in [0.25, 0.3) is 0 Å². The van der Waals surface area contributed by atoms with Gasteiger partial charge in [-0.1, -0.05) is 13.2 Å². The first-order chi connectivity index (χ1) is 10.6. The summed E-state index contributed by atoms with van der Waals surface area (Å²) in [5, 5.41) is 0. The summed E-state index contributed by atoms with van der Waals surface area (Å²) in [6.45, 7) is 12.3. The van der Waals surface area contributed by atoms with E-state index in [-0.39, 0.29) is 5.91 Å². The minimum Gasteiger partial charge on any atom is -0.366 e. The molecule has 0 aliphatic heterocycles. The van der Waals surface area contributed by atoms with Gasteiger partial charge in [-0.2, -0.15) is 0 Å². The first-order valence-corrected chi connectivity index (χ1v) is 7.77. The lowest BCUT2D eigenvalue weighted by Gasteiger charge is -2.24. The molecule has 23 heavy (non-hydrogen) atoms. The molecule has 2 amide bonds. The fraction of sp³-hybridized carbons (Fsp3) is 0.647. The molecule has 0 rings (SSSR count). The third-order valence-corrected chi connectivity index (χ3v) is 2.92. The Morgan fingerprint density at radius 2 is 1.30 bits per heavy atom. The summed E-state index contributed by atoms with van der Waals surface area (Å²) in [7, 11) is 8.21. The van der Waals surface area contributed by atoms with Crippen LogP contribution < -0.4 is 5.73 Å². The zero-order chi connectivity index (χ0) is 18.4. The molecule has 2 N–H and O–H groups in total. The van der Waals surface area contributed by atoms with Crippen LogP contribution in [0, 0.1) is 0 Å². The zero-order valence-electron chi connectivity index (χ0n) is 15.5. The number of nitrogens with zero attached hydrogens (tertiary/aromatic N) is 3. The predicted molar refractivity (Wildman–Crippen MR) is 97.1 cm³/mol. The van der Waals surface area contributed by atoms with E-state index in [9.17, 15) is 9.59 Å². The van der Waals surface area contributed by atoms with E-state index in [1.54, 1.807) is 6.92 Å². The number of amides is 2. The highest BCUT2D eigenvalue weighted by atomic mass is 16.2. The van der Waals surface area contributed by atoms with Crippen LogP contribution in [0.4, 0.5) is 0 Å². The molecule has 0 radical (unpaired) electrons. The number of hydrogen-bond donors (Lipinski definition) is 1. The van der Waals surface area contributed by atoms with Crippen molar-refractivity contribution in [2.75, 3.05) is 54.4 Å². The van der Waals surface area contributed by atoms with Crippen molar-refractivity contribution in [1.82, 2.24) is 14.7 Å². The van der Waals surface area contributed by atoms with Crippen molar-refractivity contribution >= 4 is 11.8 Å². The van der Waals surface area contributed by atoms with Gasteiger partial charge in [-0.05, 0) is 67.1 Å². The van der Waals surface area contributed by atoms with Gasteiger partial charge < -0.3 is 20.4 Å². The molecule has 6 nitrogen and oxygen atoms in total. The van der Waals surface area contributed by atoms with E-state index in [2.05, 4.69) is 56.9 Å². The molecule has 0 saturated heterocycles. The fourth-order valence-electron chi connectivity index (χ4n) is 1.74. The number of carbonyl (C=O) groups excluding carboxylic acids is 2. The van der Waals surface area contributed by atoms with Crippen molar-refractivity contribution in [2.24, 2.45) is 5.73 Å². The second kappa shape index (κ2) is 14.0. The Balaban J connectivity index is 0. The van der Waals surface area contributed by atoms with Crippen molar-refractivity contribution in [3.63, 3.8) is 0 Å². The summed E-state index contributed by atoms with van der Waals surface area (Å²) in [4.78, 5) is 27.7. The maximum Gasteiger partial charge on any atom is 0.248 e. The Hall–Kier alpha value is -1.66. The van der Waals surface area contributed by atoms with Gasteiger partial charge in [0.05, 0.1) is 0 Å². The molecule has 6 heteroatoms. The Labute approximate surface area is 141 Å². The minimum absolute atomic E-state index is 0.0903. The maximum atomic E-state index is 12.0. The quantitative estimate of drug-likeness (QED) is 0.607. The summed E-state index contributed by atoms with van der Waals surface area (Å²) < 4.78 is 0. The van der Waals surface area contributed by atoms with Gasteiger partial charge in [0, 0.05) is 18.7 Å². The van der Waals surface area contributed by atoms with Crippen molar-refractivity contribution in [2.45, 2.75) is 19.8 Å². The Morgan fingerprint density at radius 1 is 0.957 bits per heavy atom. The van der Waals surface area contributed by atoms with Gasteiger partial charge in [0.1, 0.15) is 0 Å². The fourth-order valence-corrected chi connectivity index (χ4v) is 1.74. The van der Waals surface area contributed by atoms with E-state index in [1.165, 1.54) is 0 Å². The molecular formula is C17H34N4O2. The van der Waals surface area contributed by atoms with Crippen molar-refractivity contribution in [3.05, 3.63) is 24.8 Å². The molecule has 0 aliphatic carbocycles. The van der Waals surface area contributed by atoms with Crippen LogP contribution in [0.5, 0.6) is 0 Å². The molecule has 0 aliphatic rings. The highest BCUT2D eigenvalue weighted by Gasteiger charge is 2.13. The van der Waals surface area contributed by atoms with Crippen LogP contribution >= 0.6 is 0 Å². The minimum atomic E-state index is -0.481. The monoisotopic (exact) mass is 326 g/mol. The largest absolute Gasteiger partial charge is 0.366 e. The summed E-state index contributed by atoms with van der Waals surface area (Å²) in [5.41, 5.74) is 5.16. The highest BCUT2D eigenvalue weighted by Crippen LogP contribution is 2.02. The second-order valence-electron chi connectivity index (χ2n) is 5.99. The van der Waals surface area contributed by atoms with Gasteiger partial charge in [-0.15, -0.1) is 0 Å². The van der Waals surface area contributed by atoms with Crippen LogP contribution in [0.25, 0.3) is 0 Å². The number of nitrogens with two attached hydrogens (primary N) is 1. The molecule has 0 bridgehead atoms. The van der Waals surface area contributed by atoms with E-state index in [0.29, 0.717) is 5.57 Å². The Bertz CT molecular complexity index is 365. The number of carbonyl (C=O) groups is 2. The molecule has 0 aromatic carbocycles. The summed E-state index contributed by atoms with van der Waals surface area (Å²) in [6, 6.07) is 0. The molecule has 0 unspecified atom stereocenters. The van der Waals surface area contributed by atoms with Crippen molar-refractivity contribution in [1.29, 1.82) is 0 Å². The van der Waals surface area contributed by atoms with Gasteiger partial charge in [0.15, 0.2) is 0 Å². The number of rotatable bonds is 10. The zero-order valence-corrected chi connectivity index (χ0v) is 15.5. The van der Waals surface area contributed by atoms with Gasteiger partial charge in [-0.3, -0.25) is 9.59 Å². The Morgan fingerprint density at radius 3 is 1.52 bits per heavy atom. The average Bonchev–Trinajstić information content (AvgIpc) is 2.44. The number of primary amides is 1. The van der Waals surface area contributed by atoms with Gasteiger partial charge >= 0.3 is 0 Å². The first-order valence-electron chi connectivity index (χ1n) is 7.77. The van der Waals surface area contributed by atoms with Crippen LogP contribution in [-0.2, 0) is 9.59 Å². The molecule has 0 atom stereocenters. The topological polar surface area (TPSA) is 69.9 Å². The van der Waals surface area contributed by atoms with E-state index in [4.69, 9.17) is 0 Å². The van der Waals surface area contributed by atoms with Gasteiger partial charge in [-0.25, -0.2) is 0 Å². The lowest BCUT2D eigenvalue weighted by molar-refractivity contribution is -0.127. The van der Waals surface area contributed by atoms with Crippen LogP contribution in [0.2, 0.25) is 0 Å². The summed E-state index contributed by atoms with van der Waals surface area (Å²) >= 11 is 0. The van der Waals surface area contributed by atoms with Crippen LogP contribution in [0.3, 0.4) is 0 Å². The van der Waals surface area contributed by atoms with E-state index in [0.717, 1.165) is 45.1 Å². The summed E-state index contributed by atoms with van der Waals surface area (Å²) in [6.07, 6.45) is 3.07. The van der Waals surface area contributed by atoms with Crippen LogP contribution in [0.1, 0.15) is 19.8 Å². The molecule has 0 aromatic rings. The van der Waals surface area contributed by atoms with Crippen LogP contribution in [-0.4, -0.2) is 80.9 Å². The third kappa shape index (κ3) is 16.5. The Kier molecular flexibility index (Phi) is 14.3. The second-order valence-corrected chi connectivity index (χ2v) is 5.99. The van der Waals surface area contributed by atoms with E-state index in [1.807, 2.05) is 4.90 Å². The molecule has 0 saturated carbocycles. The van der Waals surface area contributed by atoms with Crippen molar-refractivity contribution < 1.29 is 9.59 Å². The van der Waals surface area contributed by atoms with Crippen molar-refractivity contribution in [3.8, 4) is 0 Å². The van der Waals surface area contributed by atoms with Gasteiger partial charge in [0.2, 0.25) is 11.8 Å². The predicted octanol–water partition coefficient (Wildman–Crippen LogP) is 0.952. The molecule has 0 aromatic heterocycles. The lowest BCUT2D eigenvalue weighted by atomic mass is 10.2. The van der Waals surface area contributed by atoms with E-state index < -0.39 is 5.91 Å². The SMILES string of the molecule is C=C(C)C(=O)N(CCCN(C)C)CCCN(C)C.C=CC(N)=O. The molecule has 134 valence electrons. The number of hydrogen-bond acceptors (Lipinski definition) is 4. The average molecular weight is 326 g/mol. The highest BCUT2D eigenvalue weighted by molar-refractivity contribution is 5.92.